The highest BCUT2D eigenvalue weighted by Crippen LogP contribution is 2.34. The van der Waals surface area contributed by atoms with E-state index < -0.39 is 11.7 Å². The zero-order chi connectivity index (χ0) is 18.1. The quantitative estimate of drug-likeness (QED) is 0.770. The number of aryl methyl sites for hydroxylation is 3. The monoisotopic (exact) mass is 329 g/mol. The molecular weight excluding hydrogens is 302 g/mol. The van der Waals surface area contributed by atoms with Gasteiger partial charge in [0.2, 0.25) is 0 Å². The molecule has 1 atom stereocenters. The first-order valence-corrected chi connectivity index (χ1v) is 8.36. The van der Waals surface area contributed by atoms with E-state index in [0.29, 0.717) is 6.61 Å². The number of aromatic nitrogens is 1. The van der Waals surface area contributed by atoms with Crippen LogP contribution in [-0.2, 0) is 14.3 Å². The fourth-order valence-electron chi connectivity index (χ4n) is 2.93. The molecular formula is C20H27NO3. The van der Waals surface area contributed by atoms with Crippen molar-refractivity contribution >= 4 is 16.9 Å². The largest absolute Gasteiger partial charge is 0.464 e. The molecule has 1 heterocycles. The van der Waals surface area contributed by atoms with Crippen LogP contribution in [0.4, 0.5) is 0 Å². The molecule has 0 saturated heterocycles. The molecule has 0 aliphatic carbocycles. The number of esters is 1. The van der Waals surface area contributed by atoms with Gasteiger partial charge in [0.25, 0.3) is 0 Å². The maximum absolute atomic E-state index is 12.6. The first-order chi connectivity index (χ1) is 11.1. The van der Waals surface area contributed by atoms with Gasteiger partial charge in [-0.25, -0.2) is 4.79 Å². The zero-order valence-electron chi connectivity index (χ0n) is 15.7. The van der Waals surface area contributed by atoms with E-state index in [0.717, 1.165) is 33.3 Å². The SMILES string of the molecule is CCOC(=O)C(OC(C)(C)C)c1c(C)cc2nc(C)ccc2c1C. The first kappa shape index (κ1) is 18.4. The summed E-state index contributed by atoms with van der Waals surface area (Å²) in [7, 11) is 0. The van der Waals surface area contributed by atoms with Crippen LogP contribution < -0.4 is 0 Å². The Hall–Kier alpha value is -1.94. The van der Waals surface area contributed by atoms with Gasteiger partial charge in [0.1, 0.15) is 0 Å². The standard InChI is InChI=1S/C20H27NO3/c1-8-23-19(22)18(24-20(5,6)7)17-12(2)11-16-15(14(17)4)10-9-13(3)21-16/h9-11,18H,8H2,1-7H3. The van der Waals surface area contributed by atoms with Gasteiger partial charge in [0.05, 0.1) is 17.7 Å². The third-order valence-electron chi connectivity index (χ3n) is 3.88. The highest BCUT2D eigenvalue weighted by molar-refractivity contribution is 5.87. The summed E-state index contributed by atoms with van der Waals surface area (Å²) in [6.07, 6.45) is -0.740. The van der Waals surface area contributed by atoms with E-state index in [-0.39, 0.29) is 5.97 Å². The normalized spacial score (nSPS) is 13.1. The van der Waals surface area contributed by atoms with E-state index in [2.05, 4.69) is 11.1 Å². The van der Waals surface area contributed by atoms with E-state index in [1.54, 1.807) is 6.92 Å². The highest BCUT2D eigenvalue weighted by atomic mass is 16.6. The number of hydrogen-bond acceptors (Lipinski definition) is 4. The predicted octanol–water partition coefficient (Wildman–Crippen LogP) is 4.58. The van der Waals surface area contributed by atoms with Gasteiger partial charge >= 0.3 is 5.97 Å². The summed E-state index contributed by atoms with van der Waals surface area (Å²) in [6, 6.07) is 6.05. The minimum absolute atomic E-state index is 0.329. The third kappa shape index (κ3) is 3.93. The molecule has 1 aromatic heterocycles. The molecule has 0 radical (unpaired) electrons. The maximum atomic E-state index is 12.6. The summed E-state index contributed by atoms with van der Waals surface area (Å²) in [5.74, 6) is -0.349. The van der Waals surface area contributed by atoms with Gasteiger partial charge in [-0.1, -0.05) is 6.07 Å². The van der Waals surface area contributed by atoms with Crippen LogP contribution in [0.25, 0.3) is 10.9 Å². The molecule has 0 spiro atoms. The number of carbonyl (C=O) groups is 1. The lowest BCUT2D eigenvalue weighted by molar-refractivity contribution is -0.167. The van der Waals surface area contributed by atoms with Crippen LogP contribution in [0.3, 0.4) is 0 Å². The van der Waals surface area contributed by atoms with Gasteiger partial charge < -0.3 is 9.47 Å². The Morgan fingerprint density at radius 1 is 1.21 bits per heavy atom. The number of nitrogens with zero attached hydrogens (tertiary/aromatic N) is 1. The lowest BCUT2D eigenvalue weighted by Crippen LogP contribution is -2.29. The second-order valence-electron chi connectivity index (χ2n) is 7.11. The summed E-state index contributed by atoms with van der Waals surface area (Å²) in [6.45, 7) is 13.9. The number of carbonyl (C=O) groups excluding carboxylic acids is 1. The molecule has 0 N–H and O–H groups in total. The molecule has 2 rings (SSSR count). The Morgan fingerprint density at radius 2 is 1.88 bits per heavy atom. The van der Waals surface area contributed by atoms with Gasteiger partial charge in [-0.15, -0.1) is 0 Å². The molecule has 1 unspecified atom stereocenters. The van der Waals surface area contributed by atoms with Crippen molar-refractivity contribution in [2.24, 2.45) is 0 Å². The molecule has 24 heavy (non-hydrogen) atoms. The topological polar surface area (TPSA) is 48.4 Å². The molecule has 0 aliphatic heterocycles. The van der Waals surface area contributed by atoms with Crippen molar-refractivity contribution < 1.29 is 14.3 Å². The van der Waals surface area contributed by atoms with Crippen molar-refractivity contribution in [1.29, 1.82) is 0 Å². The predicted molar refractivity (Wildman–Crippen MR) is 96.2 cm³/mol. The van der Waals surface area contributed by atoms with E-state index in [4.69, 9.17) is 9.47 Å². The van der Waals surface area contributed by atoms with Crippen molar-refractivity contribution in [1.82, 2.24) is 4.98 Å². The first-order valence-electron chi connectivity index (χ1n) is 8.36. The average Bonchev–Trinajstić information content (AvgIpc) is 2.44. The fraction of sp³-hybridized carbons (Fsp3) is 0.500. The van der Waals surface area contributed by atoms with Crippen LogP contribution in [0.2, 0.25) is 0 Å². The van der Waals surface area contributed by atoms with Crippen LogP contribution >= 0.6 is 0 Å². The van der Waals surface area contributed by atoms with Gasteiger partial charge in [0.15, 0.2) is 6.10 Å². The summed E-state index contributed by atoms with van der Waals surface area (Å²) in [5.41, 5.74) is 4.33. The van der Waals surface area contributed by atoms with E-state index in [1.165, 1.54) is 0 Å². The second-order valence-corrected chi connectivity index (χ2v) is 7.11. The number of hydrogen-bond donors (Lipinski definition) is 0. The molecule has 4 nitrogen and oxygen atoms in total. The van der Waals surface area contributed by atoms with Crippen molar-refractivity contribution in [2.45, 2.75) is 60.2 Å². The van der Waals surface area contributed by atoms with Crippen LogP contribution in [0.1, 0.15) is 56.2 Å². The molecule has 0 saturated carbocycles. The van der Waals surface area contributed by atoms with E-state index >= 15 is 0 Å². The minimum Gasteiger partial charge on any atom is -0.464 e. The molecule has 130 valence electrons. The Balaban J connectivity index is 2.64. The highest BCUT2D eigenvalue weighted by Gasteiger charge is 2.31. The Bertz CT molecular complexity index is 760. The summed E-state index contributed by atoms with van der Waals surface area (Å²) in [5, 5.41) is 1.04. The smallest absolute Gasteiger partial charge is 0.339 e. The molecule has 0 fully saturated rings. The number of pyridine rings is 1. The number of rotatable bonds is 4. The Labute approximate surface area is 144 Å². The molecule has 0 bridgehead atoms. The van der Waals surface area contributed by atoms with Crippen LogP contribution in [-0.4, -0.2) is 23.2 Å². The number of benzene rings is 1. The number of ether oxygens (including phenoxy) is 2. The van der Waals surface area contributed by atoms with Crippen molar-refractivity contribution in [2.75, 3.05) is 6.61 Å². The minimum atomic E-state index is -0.740. The average molecular weight is 329 g/mol. The van der Waals surface area contributed by atoms with Gasteiger partial charge in [-0.2, -0.15) is 0 Å². The van der Waals surface area contributed by atoms with Crippen molar-refractivity contribution in [3.63, 3.8) is 0 Å². The van der Waals surface area contributed by atoms with Crippen molar-refractivity contribution in [3.8, 4) is 0 Å². The van der Waals surface area contributed by atoms with E-state index in [1.807, 2.05) is 53.7 Å². The summed E-state index contributed by atoms with van der Waals surface area (Å²) in [4.78, 5) is 17.1. The Kier molecular flexibility index (Phi) is 5.29. The third-order valence-corrected chi connectivity index (χ3v) is 3.88. The van der Waals surface area contributed by atoms with Gasteiger partial charge in [0, 0.05) is 11.1 Å². The second kappa shape index (κ2) is 6.89. The van der Waals surface area contributed by atoms with E-state index in [9.17, 15) is 4.79 Å². The summed E-state index contributed by atoms with van der Waals surface area (Å²) < 4.78 is 11.3. The zero-order valence-corrected chi connectivity index (χ0v) is 15.7. The van der Waals surface area contributed by atoms with Crippen molar-refractivity contribution in [3.05, 3.63) is 40.6 Å². The molecule has 2 aromatic rings. The Morgan fingerprint density at radius 3 is 2.46 bits per heavy atom. The fourth-order valence-corrected chi connectivity index (χ4v) is 2.93. The lowest BCUT2D eigenvalue weighted by Gasteiger charge is -2.28. The molecule has 4 heteroatoms. The van der Waals surface area contributed by atoms with Gasteiger partial charge in [-0.3, -0.25) is 4.98 Å². The van der Waals surface area contributed by atoms with Gasteiger partial charge in [-0.05, 0) is 77.3 Å². The lowest BCUT2D eigenvalue weighted by atomic mass is 9.93. The summed E-state index contributed by atoms with van der Waals surface area (Å²) >= 11 is 0. The van der Waals surface area contributed by atoms with Crippen LogP contribution in [0.15, 0.2) is 18.2 Å². The molecule has 1 aromatic carbocycles. The van der Waals surface area contributed by atoms with Crippen LogP contribution in [0, 0.1) is 20.8 Å². The molecule has 0 aliphatic rings. The number of fused-ring (bicyclic) bond motifs is 1. The maximum Gasteiger partial charge on any atom is 0.339 e. The van der Waals surface area contributed by atoms with Crippen LogP contribution in [0.5, 0.6) is 0 Å². The molecule has 0 amide bonds.